The highest BCUT2D eigenvalue weighted by atomic mass is 16.5. The first-order valence-electron chi connectivity index (χ1n) is 11.6. The summed E-state index contributed by atoms with van der Waals surface area (Å²) in [6.45, 7) is 6.27. The van der Waals surface area contributed by atoms with Gasteiger partial charge in [0.15, 0.2) is 6.61 Å². The molecule has 2 amide bonds. The van der Waals surface area contributed by atoms with E-state index in [1.54, 1.807) is 25.2 Å². The summed E-state index contributed by atoms with van der Waals surface area (Å²) < 4.78 is 5.22. The smallest absolute Gasteiger partial charge is 0.339 e. The van der Waals surface area contributed by atoms with Gasteiger partial charge in [-0.25, -0.2) is 10.2 Å². The van der Waals surface area contributed by atoms with Crippen LogP contribution in [-0.4, -0.2) is 37.1 Å². The van der Waals surface area contributed by atoms with E-state index < -0.39 is 18.5 Å². The fourth-order valence-electron chi connectivity index (χ4n) is 5.27. The third-order valence-electron chi connectivity index (χ3n) is 7.99. The molecule has 2 unspecified atom stereocenters. The van der Waals surface area contributed by atoms with E-state index in [1.807, 2.05) is 30.3 Å². The van der Waals surface area contributed by atoms with Gasteiger partial charge in [0.2, 0.25) is 0 Å². The lowest BCUT2D eigenvalue weighted by atomic mass is 9.70. The van der Waals surface area contributed by atoms with Gasteiger partial charge in [-0.05, 0) is 54.9 Å². The van der Waals surface area contributed by atoms with Crippen LogP contribution in [0.3, 0.4) is 0 Å². The van der Waals surface area contributed by atoms with Crippen LogP contribution >= 0.6 is 0 Å². The van der Waals surface area contributed by atoms with Gasteiger partial charge in [-0.15, -0.1) is 0 Å². The monoisotopic (exact) mass is 461 g/mol. The summed E-state index contributed by atoms with van der Waals surface area (Å²) in [5.74, 6) is -1.01. The molecule has 0 radical (unpaired) electrons. The molecule has 0 spiro atoms. The minimum absolute atomic E-state index is 0.0221. The fraction of sp³-hybridized carbons (Fsp3) is 0.407. The van der Waals surface area contributed by atoms with Crippen molar-refractivity contribution in [3.8, 4) is 0 Å². The van der Waals surface area contributed by atoms with E-state index in [0.717, 1.165) is 18.6 Å². The van der Waals surface area contributed by atoms with Crippen LogP contribution in [-0.2, 0) is 9.53 Å². The Bertz CT molecular complexity index is 1140. The lowest BCUT2D eigenvalue weighted by molar-refractivity contribution is -0.124. The highest BCUT2D eigenvalue weighted by Crippen LogP contribution is 2.63. The van der Waals surface area contributed by atoms with Gasteiger partial charge in [0.1, 0.15) is 0 Å². The number of para-hydroxylation sites is 1. The number of ether oxygens (including phenoxy) is 1. The zero-order chi connectivity index (χ0) is 24.5. The van der Waals surface area contributed by atoms with E-state index in [1.165, 1.54) is 17.4 Å². The maximum Gasteiger partial charge on any atom is 0.339 e. The molecular weight excluding hydrogens is 430 g/mol. The summed E-state index contributed by atoms with van der Waals surface area (Å²) in [5, 5.41) is 4.39. The number of anilines is 1. The van der Waals surface area contributed by atoms with Crippen molar-refractivity contribution < 1.29 is 19.1 Å². The molecule has 0 aromatic heterocycles. The first-order chi connectivity index (χ1) is 16.1. The van der Waals surface area contributed by atoms with Crippen LogP contribution in [0.15, 0.2) is 59.7 Å². The van der Waals surface area contributed by atoms with Gasteiger partial charge < -0.3 is 9.64 Å². The summed E-state index contributed by atoms with van der Waals surface area (Å²) in [6.07, 6.45) is 3.14. The van der Waals surface area contributed by atoms with Gasteiger partial charge in [0, 0.05) is 23.9 Å². The summed E-state index contributed by atoms with van der Waals surface area (Å²) in [5.41, 5.74) is 4.71. The number of rotatable bonds is 6. The Kier molecular flexibility index (Phi) is 6.30. The predicted octanol–water partition coefficient (Wildman–Crippen LogP) is 4.44. The number of benzene rings is 2. The van der Waals surface area contributed by atoms with Crippen molar-refractivity contribution in [3.05, 3.63) is 65.7 Å². The second-order valence-electron chi connectivity index (χ2n) is 9.91. The van der Waals surface area contributed by atoms with Gasteiger partial charge in [-0.1, -0.05) is 51.1 Å². The zero-order valence-corrected chi connectivity index (χ0v) is 20.1. The van der Waals surface area contributed by atoms with Crippen molar-refractivity contribution >= 4 is 29.2 Å². The van der Waals surface area contributed by atoms with Crippen LogP contribution in [0, 0.1) is 16.7 Å². The van der Waals surface area contributed by atoms with Gasteiger partial charge in [0.25, 0.3) is 11.8 Å². The van der Waals surface area contributed by atoms with Crippen molar-refractivity contribution in [1.29, 1.82) is 0 Å². The standard InChI is InChI=1S/C27H31N3O4/c1-26(2)18-14-15-27(26,3)22(16-18)28-29-23(31)17-34-25(33)21-13-9-8-12-20(21)24(32)30(4)19-10-6-5-7-11-19/h5-13,18H,14-17H2,1-4H3,(H,29,31)/b28-22+. The molecule has 0 aliphatic heterocycles. The molecule has 7 heteroatoms. The normalized spacial score (nSPS) is 23.5. The third kappa shape index (κ3) is 4.11. The quantitative estimate of drug-likeness (QED) is 0.509. The van der Waals surface area contributed by atoms with Crippen molar-refractivity contribution in [3.63, 3.8) is 0 Å². The summed E-state index contributed by atoms with van der Waals surface area (Å²) >= 11 is 0. The predicted molar refractivity (Wildman–Crippen MR) is 131 cm³/mol. The molecule has 34 heavy (non-hydrogen) atoms. The Balaban J connectivity index is 1.39. The summed E-state index contributed by atoms with van der Waals surface area (Å²) in [7, 11) is 1.64. The van der Waals surface area contributed by atoms with Crippen LogP contribution in [0.2, 0.25) is 0 Å². The zero-order valence-electron chi connectivity index (χ0n) is 20.1. The molecule has 2 aliphatic rings. The average molecular weight is 462 g/mol. The molecule has 4 rings (SSSR count). The lowest BCUT2D eigenvalue weighted by Crippen LogP contribution is -2.35. The molecule has 2 atom stereocenters. The molecule has 2 saturated carbocycles. The van der Waals surface area contributed by atoms with E-state index in [9.17, 15) is 14.4 Å². The average Bonchev–Trinajstić information content (AvgIpc) is 3.19. The molecule has 0 saturated heterocycles. The first-order valence-corrected chi connectivity index (χ1v) is 11.6. The molecule has 7 nitrogen and oxygen atoms in total. The number of fused-ring (bicyclic) bond motifs is 2. The minimum Gasteiger partial charge on any atom is -0.452 e. The molecule has 2 bridgehead atoms. The van der Waals surface area contributed by atoms with Crippen molar-refractivity contribution in [2.75, 3.05) is 18.6 Å². The van der Waals surface area contributed by atoms with Crippen LogP contribution in [0.5, 0.6) is 0 Å². The first kappa shape index (κ1) is 23.7. The van der Waals surface area contributed by atoms with E-state index in [4.69, 9.17) is 4.74 Å². The molecule has 2 aromatic rings. The summed E-state index contributed by atoms with van der Waals surface area (Å²) in [4.78, 5) is 39.6. The van der Waals surface area contributed by atoms with Gasteiger partial charge >= 0.3 is 5.97 Å². The van der Waals surface area contributed by atoms with Gasteiger partial charge in [0.05, 0.1) is 11.1 Å². The van der Waals surface area contributed by atoms with Crippen LogP contribution < -0.4 is 10.3 Å². The molecular formula is C27H31N3O4. The second-order valence-corrected chi connectivity index (χ2v) is 9.91. The number of hydrazone groups is 1. The molecule has 2 aliphatic carbocycles. The van der Waals surface area contributed by atoms with Gasteiger partial charge in [-0.2, -0.15) is 5.10 Å². The highest BCUT2D eigenvalue weighted by molar-refractivity contribution is 6.12. The van der Waals surface area contributed by atoms with E-state index in [-0.39, 0.29) is 27.9 Å². The molecule has 1 N–H and O–H groups in total. The fourth-order valence-corrected chi connectivity index (χ4v) is 5.27. The number of esters is 1. The number of amides is 2. The topological polar surface area (TPSA) is 88.1 Å². The maximum absolute atomic E-state index is 13.0. The van der Waals surface area contributed by atoms with E-state index in [2.05, 4.69) is 31.3 Å². The SMILES string of the molecule is CN(C(=O)c1ccccc1C(=O)OCC(=O)N/N=C1\CC2CCC1(C)C2(C)C)c1ccccc1. The van der Waals surface area contributed by atoms with Crippen molar-refractivity contribution in [2.24, 2.45) is 21.8 Å². The van der Waals surface area contributed by atoms with Gasteiger partial charge in [-0.3, -0.25) is 9.59 Å². The summed E-state index contributed by atoms with van der Waals surface area (Å²) in [6, 6.07) is 15.6. The molecule has 0 heterocycles. The number of carbonyl (C=O) groups is 3. The molecule has 2 aromatic carbocycles. The second kappa shape index (κ2) is 9.05. The van der Waals surface area contributed by atoms with E-state index >= 15 is 0 Å². The maximum atomic E-state index is 13.0. The minimum atomic E-state index is -0.735. The van der Waals surface area contributed by atoms with Crippen LogP contribution in [0.25, 0.3) is 0 Å². The Morgan fingerprint density at radius 3 is 2.29 bits per heavy atom. The Labute approximate surface area is 200 Å². The largest absolute Gasteiger partial charge is 0.452 e. The Morgan fingerprint density at radius 2 is 1.68 bits per heavy atom. The Morgan fingerprint density at radius 1 is 1.03 bits per heavy atom. The number of hydrogen-bond acceptors (Lipinski definition) is 5. The highest BCUT2D eigenvalue weighted by Gasteiger charge is 2.60. The van der Waals surface area contributed by atoms with Crippen LogP contribution in [0.1, 0.15) is 60.7 Å². The number of carbonyl (C=O) groups excluding carboxylic acids is 3. The number of hydrogen-bond donors (Lipinski definition) is 1. The van der Waals surface area contributed by atoms with Crippen molar-refractivity contribution in [2.45, 2.75) is 40.0 Å². The third-order valence-corrected chi connectivity index (χ3v) is 7.99. The molecule has 2 fully saturated rings. The molecule has 178 valence electrons. The lowest BCUT2D eigenvalue weighted by Gasteiger charge is -2.34. The van der Waals surface area contributed by atoms with E-state index in [0.29, 0.717) is 11.6 Å². The number of nitrogens with zero attached hydrogens (tertiary/aromatic N) is 2. The Hall–Kier alpha value is -3.48. The van der Waals surface area contributed by atoms with Crippen LogP contribution in [0.4, 0.5) is 5.69 Å². The number of nitrogens with one attached hydrogen (secondary N) is 1. The van der Waals surface area contributed by atoms with Crippen molar-refractivity contribution in [1.82, 2.24) is 5.43 Å².